The molecular weight excluding hydrogens is 244 g/mol. The van der Waals surface area contributed by atoms with Gasteiger partial charge < -0.3 is 20.1 Å². The summed E-state index contributed by atoms with van der Waals surface area (Å²) < 4.78 is 5.10. The minimum Gasteiger partial charge on any atom is -0.508 e. The molecule has 0 aliphatic rings. The average molecular weight is 262 g/mol. The first kappa shape index (κ1) is 13.4. The van der Waals surface area contributed by atoms with Gasteiger partial charge in [-0.2, -0.15) is 0 Å². The molecule has 1 atom stereocenters. The summed E-state index contributed by atoms with van der Waals surface area (Å²) in [5.41, 5.74) is 2.73. The number of aryl methyl sites for hydroxylation is 2. The van der Waals surface area contributed by atoms with E-state index in [2.05, 4.69) is 10.5 Å². The van der Waals surface area contributed by atoms with E-state index in [1.165, 1.54) is 6.07 Å². The molecule has 2 rings (SSSR count). The highest BCUT2D eigenvalue weighted by molar-refractivity contribution is 5.38. The van der Waals surface area contributed by atoms with Gasteiger partial charge in [-0.3, -0.25) is 0 Å². The van der Waals surface area contributed by atoms with E-state index in [0.29, 0.717) is 6.54 Å². The first-order valence-electron chi connectivity index (χ1n) is 6.15. The molecule has 0 saturated carbocycles. The van der Waals surface area contributed by atoms with Crippen molar-refractivity contribution < 1.29 is 14.7 Å². The van der Waals surface area contributed by atoms with Crippen molar-refractivity contribution >= 4 is 0 Å². The maximum atomic E-state index is 9.47. The number of nitrogens with one attached hydrogen (secondary N) is 1. The highest BCUT2D eigenvalue weighted by Crippen LogP contribution is 2.25. The molecule has 0 aliphatic carbocycles. The lowest BCUT2D eigenvalue weighted by atomic mass is 10.1. The van der Waals surface area contributed by atoms with Crippen LogP contribution < -0.4 is 5.32 Å². The Kier molecular flexibility index (Phi) is 3.76. The molecule has 3 N–H and O–H groups in total. The highest BCUT2D eigenvalue weighted by atomic mass is 16.5. The first-order valence-corrected chi connectivity index (χ1v) is 6.15. The molecule has 1 unspecified atom stereocenters. The number of aromatic nitrogens is 1. The normalized spacial score (nSPS) is 12.6. The van der Waals surface area contributed by atoms with Crippen LogP contribution in [0.15, 0.2) is 22.7 Å². The number of nitrogens with zero attached hydrogens (tertiary/aromatic N) is 1. The van der Waals surface area contributed by atoms with Gasteiger partial charge in [0.1, 0.15) is 17.3 Å². The Balaban J connectivity index is 2.07. The minimum atomic E-state index is -0.00769. The number of rotatable bonds is 4. The van der Waals surface area contributed by atoms with E-state index < -0.39 is 0 Å². The molecule has 0 radical (unpaired) electrons. The molecule has 0 bridgehead atoms. The van der Waals surface area contributed by atoms with E-state index in [-0.39, 0.29) is 17.5 Å². The third-order valence-corrected chi connectivity index (χ3v) is 3.19. The van der Waals surface area contributed by atoms with Crippen molar-refractivity contribution in [1.82, 2.24) is 10.5 Å². The molecule has 0 saturated heterocycles. The van der Waals surface area contributed by atoms with Gasteiger partial charge in [0.25, 0.3) is 0 Å². The predicted molar refractivity (Wildman–Crippen MR) is 71.0 cm³/mol. The summed E-state index contributed by atoms with van der Waals surface area (Å²) in [4.78, 5) is 0. The smallest absolute Gasteiger partial charge is 0.138 e. The van der Waals surface area contributed by atoms with Gasteiger partial charge in [-0.25, -0.2) is 0 Å². The summed E-state index contributed by atoms with van der Waals surface area (Å²) in [6.07, 6.45) is 0. The minimum absolute atomic E-state index is 0.00769. The Morgan fingerprint density at radius 1 is 1.21 bits per heavy atom. The lowest BCUT2D eigenvalue weighted by Gasteiger charge is -2.14. The monoisotopic (exact) mass is 262 g/mol. The van der Waals surface area contributed by atoms with Crippen molar-refractivity contribution in [3.8, 4) is 11.5 Å². The van der Waals surface area contributed by atoms with Crippen LogP contribution in [-0.4, -0.2) is 15.4 Å². The number of aromatic hydroxyl groups is 2. The lowest BCUT2D eigenvalue weighted by molar-refractivity contribution is 0.391. The molecule has 2 aromatic rings. The number of hydrogen-bond acceptors (Lipinski definition) is 5. The van der Waals surface area contributed by atoms with Crippen molar-refractivity contribution in [3.63, 3.8) is 0 Å². The molecule has 0 spiro atoms. The molecule has 0 fully saturated rings. The Bertz CT molecular complexity index is 538. The first-order chi connectivity index (χ1) is 8.97. The molecule has 1 aromatic heterocycles. The third-order valence-electron chi connectivity index (χ3n) is 3.19. The van der Waals surface area contributed by atoms with Crippen LogP contribution in [0.4, 0.5) is 0 Å². The van der Waals surface area contributed by atoms with E-state index in [4.69, 9.17) is 4.52 Å². The van der Waals surface area contributed by atoms with Crippen molar-refractivity contribution in [2.24, 2.45) is 0 Å². The molecule has 0 amide bonds. The quantitative estimate of drug-likeness (QED) is 0.789. The van der Waals surface area contributed by atoms with Crippen molar-refractivity contribution in [1.29, 1.82) is 0 Å². The molecule has 1 heterocycles. The summed E-state index contributed by atoms with van der Waals surface area (Å²) in [5.74, 6) is 0.915. The van der Waals surface area contributed by atoms with Gasteiger partial charge in [-0.1, -0.05) is 5.16 Å². The SMILES string of the molecule is Cc1noc(C)c1CNC(C)c1cc(O)cc(O)c1. The van der Waals surface area contributed by atoms with Crippen LogP contribution in [0.2, 0.25) is 0 Å². The summed E-state index contributed by atoms with van der Waals surface area (Å²) in [6, 6.07) is 4.56. The van der Waals surface area contributed by atoms with Crippen LogP contribution in [0.25, 0.3) is 0 Å². The van der Waals surface area contributed by atoms with Gasteiger partial charge in [0, 0.05) is 24.2 Å². The van der Waals surface area contributed by atoms with Gasteiger partial charge in [0.15, 0.2) is 0 Å². The van der Waals surface area contributed by atoms with Crippen LogP contribution in [-0.2, 0) is 6.54 Å². The summed E-state index contributed by atoms with van der Waals surface area (Å²) in [5, 5.41) is 26.2. The molecule has 102 valence electrons. The number of benzene rings is 1. The Hall–Kier alpha value is -2.01. The fourth-order valence-corrected chi connectivity index (χ4v) is 2.00. The Labute approximate surface area is 111 Å². The second-order valence-corrected chi connectivity index (χ2v) is 4.69. The second kappa shape index (κ2) is 5.32. The highest BCUT2D eigenvalue weighted by Gasteiger charge is 2.12. The standard InChI is InChI=1S/C14H18N2O3/c1-8(11-4-12(17)6-13(18)5-11)15-7-14-9(2)16-19-10(14)3/h4-6,8,15,17-18H,7H2,1-3H3. The van der Waals surface area contributed by atoms with Gasteiger partial charge in [-0.15, -0.1) is 0 Å². The zero-order valence-electron chi connectivity index (χ0n) is 11.3. The van der Waals surface area contributed by atoms with E-state index in [0.717, 1.165) is 22.6 Å². The lowest BCUT2D eigenvalue weighted by Crippen LogP contribution is -2.18. The van der Waals surface area contributed by atoms with E-state index in [1.54, 1.807) is 12.1 Å². The third kappa shape index (κ3) is 3.06. The maximum Gasteiger partial charge on any atom is 0.138 e. The fourth-order valence-electron chi connectivity index (χ4n) is 2.00. The number of phenolic OH excluding ortho intramolecular Hbond substituents is 2. The largest absolute Gasteiger partial charge is 0.508 e. The number of phenols is 2. The molecule has 5 nitrogen and oxygen atoms in total. The van der Waals surface area contributed by atoms with Crippen LogP contribution in [0.5, 0.6) is 11.5 Å². The fraction of sp³-hybridized carbons (Fsp3) is 0.357. The number of hydrogen-bond donors (Lipinski definition) is 3. The van der Waals surface area contributed by atoms with Gasteiger partial charge >= 0.3 is 0 Å². The van der Waals surface area contributed by atoms with Crippen LogP contribution in [0, 0.1) is 13.8 Å². The van der Waals surface area contributed by atoms with Crippen molar-refractivity contribution in [2.75, 3.05) is 0 Å². The van der Waals surface area contributed by atoms with Crippen LogP contribution in [0.3, 0.4) is 0 Å². The van der Waals surface area contributed by atoms with E-state index >= 15 is 0 Å². The predicted octanol–water partition coefficient (Wildman–Crippen LogP) is 2.55. The topological polar surface area (TPSA) is 78.5 Å². The summed E-state index contributed by atoms with van der Waals surface area (Å²) >= 11 is 0. The zero-order valence-corrected chi connectivity index (χ0v) is 11.3. The van der Waals surface area contributed by atoms with E-state index in [9.17, 15) is 10.2 Å². The van der Waals surface area contributed by atoms with Gasteiger partial charge in [0.05, 0.1) is 5.69 Å². The molecule has 5 heteroatoms. The van der Waals surface area contributed by atoms with Crippen LogP contribution >= 0.6 is 0 Å². The second-order valence-electron chi connectivity index (χ2n) is 4.69. The molecule has 0 aliphatic heterocycles. The Morgan fingerprint density at radius 3 is 2.37 bits per heavy atom. The molecule has 1 aromatic carbocycles. The van der Waals surface area contributed by atoms with Gasteiger partial charge in [-0.05, 0) is 38.5 Å². The molecule has 19 heavy (non-hydrogen) atoms. The molecular formula is C14H18N2O3. The summed E-state index contributed by atoms with van der Waals surface area (Å²) in [7, 11) is 0. The summed E-state index contributed by atoms with van der Waals surface area (Å²) in [6.45, 7) is 6.37. The van der Waals surface area contributed by atoms with Crippen LogP contribution in [0.1, 0.15) is 35.5 Å². The van der Waals surface area contributed by atoms with Gasteiger partial charge in [0.2, 0.25) is 0 Å². The maximum absolute atomic E-state index is 9.47. The Morgan fingerprint density at radius 2 is 1.84 bits per heavy atom. The van der Waals surface area contributed by atoms with Crippen molar-refractivity contribution in [3.05, 3.63) is 40.8 Å². The average Bonchev–Trinajstić information content (AvgIpc) is 2.65. The van der Waals surface area contributed by atoms with E-state index in [1.807, 2.05) is 20.8 Å². The zero-order chi connectivity index (χ0) is 14.0. The van der Waals surface area contributed by atoms with Crippen molar-refractivity contribution in [2.45, 2.75) is 33.4 Å².